The summed E-state index contributed by atoms with van der Waals surface area (Å²) in [7, 11) is 0. The second-order valence-corrected chi connectivity index (χ2v) is 10.1. The molecule has 0 aliphatic carbocycles. The normalized spacial score (nSPS) is 27.2. The minimum atomic E-state index is -0.481. The fourth-order valence-corrected chi connectivity index (χ4v) is 4.66. The summed E-state index contributed by atoms with van der Waals surface area (Å²) in [5, 5.41) is 24.6. The summed E-state index contributed by atoms with van der Waals surface area (Å²) < 4.78 is 0. The Balaban J connectivity index is 2.45. The molecular formula is C26H47NO3. The quantitative estimate of drug-likeness (QED) is 0.377. The predicted molar refractivity (Wildman–Crippen MR) is 126 cm³/mol. The second-order valence-electron chi connectivity index (χ2n) is 10.1. The van der Waals surface area contributed by atoms with E-state index in [9.17, 15) is 15.0 Å². The van der Waals surface area contributed by atoms with Gasteiger partial charge < -0.3 is 15.5 Å². The molecule has 1 rings (SSSR count). The lowest BCUT2D eigenvalue weighted by Gasteiger charge is -2.40. The van der Waals surface area contributed by atoms with Crippen molar-refractivity contribution in [1.29, 1.82) is 0 Å². The molecule has 1 aliphatic heterocycles. The number of hydrogen-bond acceptors (Lipinski definition) is 3. The zero-order chi connectivity index (χ0) is 22.8. The standard InChI is InChI=1S/C26H47NO3/c1-8-22-16-20(6)24(27-26(22)30)21(7)25(29)19(5)14-15-23(28)18(4)13-11-9-10-12-17(2)3/h9-10,12,18-25,28-29H,8,11,13-16H2,1-7H3,(H,27,30)/b10-9+/t18-,19-,20-,21+,22-,23-,24-,25-/m0/s1. The molecule has 0 aromatic heterocycles. The van der Waals surface area contributed by atoms with Crippen molar-refractivity contribution in [2.45, 2.75) is 105 Å². The van der Waals surface area contributed by atoms with Gasteiger partial charge >= 0.3 is 0 Å². The van der Waals surface area contributed by atoms with Gasteiger partial charge in [-0.25, -0.2) is 0 Å². The maximum atomic E-state index is 12.3. The van der Waals surface area contributed by atoms with E-state index in [1.165, 1.54) is 5.57 Å². The van der Waals surface area contributed by atoms with Crippen LogP contribution in [0.3, 0.4) is 0 Å². The van der Waals surface area contributed by atoms with Crippen LogP contribution in [0.15, 0.2) is 23.8 Å². The van der Waals surface area contributed by atoms with E-state index in [1.807, 2.05) is 6.92 Å². The van der Waals surface area contributed by atoms with Crippen LogP contribution in [0.5, 0.6) is 0 Å². The van der Waals surface area contributed by atoms with E-state index < -0.39 is 6.10 Å². The van der Waals surface area contributed by atoms with E-state index in [1.54, 1.807) is 0 Å². The summed E-state index contributed by atoms with van der Waals surface area (Å²) >= 11 is 0. The first-order chi connectivity index (χ1) is 14.1. The number of rotatable bonds is 12. The first-order valence-corrected chi connectivity index (χ1v) is 12.0. The zero-order valence-corrected chi connectivity index (χ0v) is 20.4. The van der Waals surface area contributed by atoms with Crippen molar-refractivity contribution in [2.75, 3.05) is 0 Å². The molecule has 1 fully saturated rings. The highest BCUT2D eigenvalue weighted by Gasteiger charge is 2.38. The van der Waals surface area contributed by atoms with Gasteiger partial charge in [0.05, 0.1) is 12.2 Å². The van der Waals surface area contributed by atoms with Crippen molar-refractivity contribution in [3.05, 3.63) is 23.8 Å². The van der Waals surface area contributed by atoms with Gasteiger partial charge in [-0.15, -0.1) is 0 Å². The highest BCUT2D eigenvalue weighted by atomic mass is 16.3. The number of aliphatic hydroxyl groups excluding tert-OH is 2. The van der Waals surface area contributed by atoms with Crippen molar-refractivity contribution in [2.24, 2.45) is 29.6 Å². The lowest BCUT2D eigenvalue weighted by Crippen LogP contribution is -2.54. The van der Waals surface area contributed by atoms with Gasteiger partial charge in [0.1, 0.15) is 0 Å². The first-order valence-electron chi connectivity index (χ1n) is 12.0. The Labute approximate surface area is 185 Å². The molecule has 0 radical (unpaired) electrons. The van der Waals surface area contributed by atoms with E-state index >= 15 is 0 Å². The number of nitrogens with one attached hydrogen (secondary N) is 1. The Hall–Kier alpha value is -1.13. The van der Waals surface area contributed by atoms with E-state index in [4.69, 9.17) is 0 Å². The molecule has 0 aromatic carbocycles. The summed E-state index contributed by atoms with van der Waals surface area (Å²) in [5.41, 5.74) is 1.29. The zero-order valence-electron chi connectivity index (χ0n) is 20.4. The molecule has 30 heavy (non-hydrogen) atoms. The van der Waals surface area contributed by atoms with Crippen LogP contribution in [0, 0.1) is 29.6 Å². The molecule has 8 atom stereocenters. The molecular weight excluding hydrogens is 374 g/mol. The fourth-order valence-electron chi connectivity index (χ4n) is 4.66. The maximum Gasteiger partial charge on any atom is 0.223 e. The van der Waals surface area contributed by atoms with Gasteiger partial charge in [0.2, 0.25) is 5.91 Å². The molecule has 4 nitrogen and oxygen atoms in total. The largest absolute Gasteiger partial charge is 0.393 e. The monoisotopic (exact) mass is 421 g/mol. The van der Waals surface area contributed by atoms with Crippen molar-refractivity contribution in [3.63, 3.8) is 0 Å². The third-order valence-electron chi connectivity index (χ3n) is 7.06. The average molecular weight is 422 g/mol. The fraction of sp³-hybridized carbons (Fsp3) is 0.808. The molecule has 1 aliphatic rings. The summed E-state index contributed by atoms with van der Waals surface area (Å²) in [4.78, 5) is 12.3. The number of piperidine rings is 1. The lowest BCUT2D eigenvalue weighted by molar-refractivity contribution is -0.131. The van der Waals surface area contributed by atoms with Crippen LogP contribution in [0.2, 0.25) is 0 Å². The number of carbonyl (C=O) groups excluding carboxylic acids is 1. The summed E-state index contributed by atoms with van der Waals surface area (Å²) in [6, 6.07) is 0.0224. The summed E-state index contributed by atoms with van der Waals surface area (Å²) in [6.07, 6.45) is 10.7. The number of amides is 1. The van der Waals surface area contributed by atoms with E-state index in [0.717, 1.165) is 32.1 Å². The highest BCUT2D eigenvalue weighted by molar-refractivity contribution is 5.79. The van der Waals surface area contributed by atoms with E-state index in [2.05, 4.69) is 65.1 Å². The highest BCUT2D eigenvalue weighted by Crippen LogP contribution is 2.32. The maximum absolute atomic E-state index is 12.3. The molecule has 3 N–H and O–H groups in total. The van der Waals surface area contributed by atoms with Gasteiger partial charge in [-0.2, -0.15) is 0 Å². The van der Waals surface area contributed by atoms with Crippen LogP contribution in [-0.4, -0.2) is 34.4 Å². The second kappa shape index (κ2) is 13.3. The summed E-state index contributed by atoms with van der Waals surface area (Å²) in [6.45, 7) is 14.6. The van der Waals surface area contributed by atoms with Crippen molar-refractivity contribution < 1.29 is 15.0 Å². The molecule has 1 amide bonds. The molecule has 1 saturated heterocycles. The van der Waals surface area contributed by atoms with Gasteiger partial charge in [0.25, 0.3) is 0 Å². The number of allylic oxidation sites excluding steroid dienone is 4. The van der Waals surface area contributed by atoms with E-state index in [0.29, 0.717) is 12.3 Å². The Morgan fingerprint density at radius 1 is 1.13 bits per heavy atom. The van der Waals surface area contributed by atoms with Crippen molar-refractivity contribution in [1.82, 2.24) is 5.32 Å². The number of hydrogen-bond donors (Lipinski definition) is 3. The van der Waals surface area contributed by atoms with Gasteiger partial charge in [-0.05, 0) is 70.1 Å². The van der Waals surface area contributed by atoms with Crippen LogP contribution in [-0.2, 0) is 4.79 Å². The molecule has 0 unspecified atom stereocenters. The third-order valence-corrected chi connectivity index (χ3v) is 7.06. The number of aliphatic hydroxyl groups is 2. The summed E-state index contributed by atoms with van der Waals surface area (Å²) in [5.74, 6) is 0.946. The van der Waals surface area contributed by atoms with Crippen molar-refractivity contribution >= 4 is 5.91 Å². The average Bonchev–Trinajstić information content (AvgIpc) is 2.71. The van der Waals surface area contributed by atoms with Gasteiger partial charge in [0.15, 0.2) is 0 Å². The third kappa shape index (κ3) is 8.55. The van der Waals surface area contributed by atoms with Gasteiger partial charge in [0, 0.05) is 17.9 Å². The Bertz CT molecular complexity index is 567. The molecule has 174 valence electrons. The van der Waals surface area contributed by atoms with E-state index in [-0.39, 0.29) is 41.7 Å². The van der Waals surface area contributed by atoms with Gasteiger partial charge in [-0.3, -0.25) is 4.79 Å². The van der Waals surface area contributed by atoms with Gasteiger partial charge in [-0.1, -0.05) is 58.4 Å². The van der Waals surface area contributed by atoms with Crippen molar-refractivity contribution in [3.8, 4) is 0 Å². The van der Waals surface area contributed by atoms with Crippen LogP contribution in [0.25, 0.3) is 0 Å². The van der Waals surface area contributed by atoms with Crippen LogP contribution >= 0.6 is 0 Å². The molecule has 1 heterocycles. The van der Waals surface area contributed by atoms with Crippen LogP contribution < -0.4 is 5.32 Å². The topological polar surface area (TPSA) is 69.6 Å². The predicted octanol–water partition coefficient (Wildman–Crippen LogP) is 5.25. The van der Waals surface area contributed by atoms with Crippen LogP contribution in [0.4, 0.5) is 0 Å². The molecule has 0 bridgehead atoms. The number of carbonyl (C=O) groups is 1. The first kappa shape index (κ1) is 26.9. The Morgan fingerprint density at radius 3 is 2.40 bits per heavy atom. The smallest absolute Gasteiger partial charge is 0.223 e. The van der Waals surface area contributed by atoms with Crippen LogP contribution in [0.1, 0.15) is 87.0 Å². The minimum absolute atomic E-state index is 0.00605. The Morgan fingerprint density at radius 2 is 1.80 bits per heavy atom. The minimum Gasteiger partial charge on any atom is -0.393 e. The molecule has 4 heteroatoms. The lowest BCUT2D eigenvalue weighted by atomic mass is 9.75. The molecule has 0 aromatic rings. The Kier molecular flexibility index (Phi) is 11.9. The molecule has 0 saturated carbocycles. The molecule has 0 spiro atoms. The SMILES string of the molecule is CC[C@H]1C[C@H](C)[C@@H]([C@@H](C)[C@@H](O)[C@@H](C)CC[C@H](O)[C@@H](C)CC/C=C/C=C(C)C)NC1=O.